The molecule has 0 spiro atoms. The fourth-order valence-electron chi connectivity index (χ4n) is 3.44. The SMILES string of the molecule is CCNC(=NCC1CCCN1Cc1ccccc1)NCCOCC1CC1. The van der Waals surface area contributed by atoms with E-state index in [-0.39, 0.29) is 0 Å². The lowest BCUT2D eigenvalue weighted by Crippen LogP contribution is -2.40. The molecule has 3 rings (SSSR count). The lowest BCUT2D eigenvalue weighted by Gasteiger charge is -2.23. The molecule has 1 unspecified atom stereocenters. The van der Waals surface area contributed by atoms with Crippen molar-refractivity contribution >= 4 is 5.96 Å². The van der Waals surface area contributed by atoms with E-state index in [9.17, 15) is 0 Å². The van der Waals surface area contributed by atoms with Crippen molar-refractivity contribution in [3.63, 3.8) is 0 Å². The number of benzene rings is 1. The molecule has 0 amide bonds. The smallest absolute Gasteiger partial charge is 0.191 e. The van der Waals surface area contributed by atoms with Gasteiger partial charge in [-0.1, -0.05) is 30.3 Å². The number of aliphatic imine (C=N–C) groups is 1. The van der Waals surface area contributed by atoms with E-state index >= 15 is 0 Å². The molecule has 1 saturated carbocycles. The molecule has 26 heavy (non-hydrogen) atoms. The summed E-state index contributed by atoms with van der Waals surface area (Å²) >= 11 is 0. The van der Waals surface area contributed by atoms with Gasteiger partial charge in [-0.3, -0.25) is 9.89 Å². The Hall–Kier alpha value is -1.59. The predicted molar refractivity (Wildman–Crippen MR) is 107 cm³/mol. The number of ether oxygens (including phenoxy) is 1. The maximum Gasteiger partial charge on any atom is 0.191 e. The number of guanidine groups is 1. The first-order chi connectivity index (χ1) is 12.8. The number of nitrogens with zero attached hydrogens (tertiary/aromatic N) is 2. The molecule has 5 heteroatoms. The summed E-state index contributed by atoms with van der Waals surface area (Å²) in [5.74, 6) is 1.74. The van der Waals surface area contributed by atoms with Gasteiger partial charge in [-0.2, -0.15) is 0 Å². The number of nitrogens with one attached hydrogen (secondary N) is 2. The van der Waals surface area contributed by atoms with Crippen LogP contribution in [0.25, 0.3) is 0 Å². The Morgan fingerprint density at radius 1 is 1.19 bits per heavy atom. The Morgan fingerprint density at radius 2 is 2.04 bits per heavy atom. The van der Waals surface area contributed by atoms with Crippen LogP contribution in [0.5, 0.6) is 0 Å². The second-order valence-corrected chi connectivity index (χ2v) is 7.42. The molecule has 1 heterocycles. The predicted octanol–water partition coefficient (Wildman–Crippen LogP) is 2.63. The summed E-state index contributed by atoms with van der Waals surface area (Å²) in [6.45, 7) is 8.54. The van der Waals surface area contributed by atoms with Gasteiger partial charge in [-0.05, 0) is 50.6 Å². The van der Waals surface area contributed by atoms with Crippen molar-refractivity contribution in [2.24, 2.45) is 10.9 Å². The Morgan fingerprint density at radius 3 is 2.81 bits per heavy atom. The highest BCUT2D eigenvalue weighted by Gasteiger charge is 2.24. The van der Waals surface area contributed by atoms with Crippen molar-refractivity contribution in [3.8, 4) is 0 Å². The molecule has 1 aliphatic carbocycles. The Labute approximate surface area is 158 Å². The molecule has 1 aromatic rings. The van der Waals surface area contributed by atoms with Gasteiger partial charge < -0.3 is 15.4 Å². The monoisotopic (exact) mass is 358 g/mol. The van der Waals surface area contributed by atoms with Crippen LogP contribution in [0.3, 0.4) is 0 Å². The molecule has 1 aromatic carbocycles. The average Bonchev–Trinajstić information content (AvgIpc) is 3.39. The Kier molecular flexibility index (Phi) is 7.77. The summed E-state index contributed by atoms with van der Waals surface area (Å²) < 4.78 is 5.69. The highest BCUT2D eigenvalue weighted by Crippen LogP contribution is 2.28. The molecule has 5 nitrogen and oxygen atoms in total. The molecule has 1 aliphatic heterocycles. The van der Waals surface area contributed by atoms with Gasteiger partial charge >= 0.3 is 0 Å². The van der Waals surface area contributed by atoms with Crippen LogP contribution in [-0.4, -0.2) is 56.3 Å². The van der Waals surface area contributed by atoms with Gasteiger partial charge in [0.05, 0.1) is 13.2 Å². The van der Waals surface area contributed by atoms with E-state index in [1.54, 1.807) is 0 Å². The number of rotatable bonds is 10. The summed E-state index contributed by atoms with van der Waals surface area (Å²) in [7, 11) is 0. The van der Waals surface area contributed by atoms with Crippen molar-refractivity contribution in [2.75, 3.05) is 39.4 Å². The summed E-state index contributed by atoms with van der Waals surface area (Å²) in [6, 6.07) is 11.3. The van der Waals surface area contributed by atoms with E-state index in [1.807, 2.05) is 0 Å². The highest BCUT2D eigenvalue weighted by molar-refractivity contribution is 5.79. The molecule has 2 N–H and O–H groups in total. The van der Waals surface area contributed by atoms with Crippen molar-refractivity contribution in [3.05, 3.63) is 35.9 Å². The molecular weight excluding hydrogens is 324 g/mol. The van der Waals surface area contributed by atoms with E-state index in [1.165, 1.54) is 37.8 Å². The molecule has 0 aromatic heterocycles. The third kappa shape index (κ3) is 6.61. The molecule has 144 valence electrons. The summed E-state index contributed by atoms with van der Waals surface area (Å²) in [4.78, 5) is 7.40. The second kappa shape index (κ2) is 10.5. The molecule has 1 atom stereocenters. The maximum absolute atomic E-state index is 5.69. The minimum absolute atomic E-state index is 0.539. The number of likely N-dealkylation sites (tertiary alicyclic amines) is 1. The van der Waals surface area contributed by atoms with Crippen LogP contribution in [0.4, 0.5) is 0 Å². The van der Waals surface area contributed by atoms with Gasteiger partial charge in [0.15, 0.2) is 5.96 Å². The van der Waals surface area contributed by atoms with E-state index in [2.05, 4.69) is 52.8 Å². The summed E-state index contributed by atoms with van der Waals surface area (Å²) in [6.07, 6.45) is 5.20. The fraction of sp³-hybridized carbons (Fsp3) is 0.667. The largest absolute Gasteiger partial charge is 0.379 e. The van der Waals surface area contributed by atoms with E-state index in [0.717, 1.165) is 51.3 Å². The lowest BCUT2D eigenvalue weighted by atomic mass is 10.2. The molecule has 2 fully saturated rings. The maximum atomic E-state index is 5.69. The van der Waals surface area contributed by atoms with Crippen LogP contribution in [0.2, 0.25) is 0 Å². The van der Waals surface area contributed by atoms with Crippen LogP contribution < -0.4 is 10.6 Å². The van der Waals surface area contributed by atoms with Gasteiger partial charge in [-0.25, -0.2) is 0 Å². The van der Waals surface area contributed by atoms with E-state index in [0.29, 0.717) is 6.04 Å². The van der Waals surface area contributed by atoms with Crippen LogP contribution in [-0.2, 0) is 11.3 Å². The van der Waals surface area contributed by atoms with Crippen LogP contribution in [0.1, 0.15) is 38.2 Å². The van der Waals surface area contributed by atoms with Gasteiger partial charge in [0.2, 0.25) is 0 Å². The number of hydrogen-bond acceptors (Lipinski definition) is 3. The summed E-state index contributed by atoms with van der Waals surface area (Å²) in [5.41, 5.74) is 1.39. The third-order valence-corrected chi connectivity index (χ3v) is 5.12. The standard InChI is InChI=1S/C21H34N4O/c1-2-22-21(23-12-14-26-17-19-10-11-19)24-15-20-9-6-13-25(20)16-18-7-4-3-5-8-18/h3-5,7-8,19-20H,2,6,9-17H2,1H3,(H2,22,23,24). The molecule has 1 saturated heterocycles. The van der Waals surface area contributed by atoms with E-state index in [4.69, 9.17) is 9.73 Å². The van der Waals surface area contributed by atoms with Gasteiger partial charge in [-0.15, -0.1) is 0 Å². The Bertz CT molecular complexity index is 544. The quantitative estimate of drug-likeness (QED) is 0.383. The zero-order valence-corrected chi connectivity index (χ0v) is 16.1. The lowest BCUT2D eigenvalue weighted by molar-refractivity contribution is 0.129. The van der Waals surface area contributed by atoms with Crippen molar-refractivity contribution in [2.45, 2.75) is 45.2 Å². The summed E-state index contributed by atoms with van der Waals surface area (Å²) in [5, 5.41) is 6.75. The average molecular weight is 359 g/mol. The van der Waals surface area contributed by atoms with Crippen molar-refractivity contribution in [1.29, 1.82) is 0 Å². The van der Waals surface area contributed by atoms with Gasteiger partial charge in [0.1, 0.15) is 0 Å². The minimum Gasteiger partial charge on any atom is -0.379 e. The first-order valence-electron chi connectivity index (χ1n) is 10.2. The normalized spacial score (nSPS) is 21.1. The third-order valence-electron chi connectivity index (χ3n) is 5.12. The molecule has 2 aliphatic rings. The fourth-order valence-corrected chi connectivity index (χ4v) is 3.44. The number of hydrogen-bond donors (Lipinski definition) is 2. The van der Waals surface area contributed by atoms with Crippen LogP contribution >= 0.6 is 0 Å². The Balaban J connectivity index is 1.42. The van der Waals surface area contributed by atoms with Crippen molar-refractivity contribution in [1.82, 2.24) is 15.5 Å². The molecule has 0 bridgehead atoms. The zero-order chi connectivity index (χ0) is 18.0. The minimum atomic E-state index is 0.539. The van der Waals surface area contributed by atoms with Crippen molar-refractivity contribution < 1.29 is 4.74 Å². The topological polar surface area (TPSA) is 48.9 Å². The second-order valence-electron chi connectivity index (χ2n) is 7.42. The van der Waals surface area contributed by atoms with Crippen LogP contribution in [0.15, 0.2) is 35.3 Å². The first-order valence-corrected chi connectivity index (χ1v) is 10.2. The van der Waals surface area contributed by atoms with Crippen LogP contribution in [0, 0.1) is 5.92 Å². The molecular formula is C21H34N4O. The van der Waals surface area contributed by atoms with E-state index < -0.39 is 0 Å². The zero-order valence-electron chi connectivity index (χ0n) is 16.1. The first kappa shape index (κ1) is 19.2. The molecule has 0 radical (unpaired) electrons. The van der Waals surface area contributed by atoms with Gasteiger partial charge in [0.25, 0.3) is 0 Å². The highest BCUT2D eigenvalue weighted by atomic mass is 16.5. The van der Waals surface area contributed by atoms with Gasteiger partial charge in [0, 0.05) is 32.3 Å².